The Labute approximate surface area is 130 Å². The Bertz CT molecular complexity index is 726. The zero-order valence-corrected chi connectivity index (χ0v) is 13.6. The molecule has 3 rings (SSSR count). The molecule has 0 radical (unpaired) electrons. The molecule has 3 aromatic rings. The summed E-state index contributed by atoms with van der Waals surface area (Å²) in [5.41, 5.74) is 4.24. The number of nitrogens with one attached hydrogen (secondary N) is 1. The molecule has 0 spiro atoms. The zero-order valence-electron chi connectivity index (χ0n) is 11.9. The predicted molar refractivity (Wildman–Crippen MR) is 86.0 cm³/mol. The summed E-state index contributed by atoms with van der Waals surface area (Å²) < 4.78 is 14.5. The third-order valence-corrected chi connectivity index (χ3v) is 4.28. The topological polar surface area (TPSA) is 47.0 Å². The van der Waals surface area contributed by atoms with Crippen molar-refractivity contribution in [1.82, 2.24) is 7.96 Å². The van der Waals surface area contributed by atoms with Crippen LogP contribution in [0.15, 0.2) is 42.5 Å². The zero-order chi connectivity index (χ0) is 14.5. The molecule has 21 heavy (non-hydrogen) atoms. The third-order valence-electron chi connectivity index (χ3n) is 3.14. The van der Waals surface area contributed by atoms with E-state index in [1.54, 1.807) is 0 Å². The van der Waals surface area contributed by atoms with Gasteiger partial charge in [0.1, 0.15) is 0 Å². The summed E-state index contributed by atoms with van der Waals surface area (Å²) in [6.45, 7) is 3.62. The van der Waals surface area contributed by atoms with E-state index in [1.165, 1.54) is 5.56 Å². The Morgan fingerprint density at radius 1 is 1.14 bits per heavy atom. The van der Waals surface area contributed by atoms with Crippen LogP contribution < -0.4 is 10.1 Å². The Balaban J connectivity index is 1.71. The first-order chi connectivity index (χ1) is 10.4. The quantitative estimate of drug-likeness (QED) is 0.697. The van der Waals surface area contributed by atoms with E-state index in [0.29, 0.717) is 0 Å². The minimum absolute atomic E-state index is 0.00796. The van der Waals surface area contributed by atoms with Crippen molar-refractivity contribution in [2.45, 2.75) is 19.9 Å². The van der Waals surface area contributed by atoms with E-state index in [2.05, 4.69) is 38.4 Å². The third kappa shape index (κ3) is 3.43. The van der Waals surface area contributed by atoms with Crippen LogP contribution in [0.25, 0.3) is 11.0 Å². The van der Waals surface area contributed by atoms with E-state index in [4.69, 9.17) is 4.74 Å². The first kappa shape index (κ1) is 14.1. The maximum absolute atomic E-state index is 5.66. The number of ether oxygens (including phenoxy) is 1. The molecule has 5 heteroatoms. The van der Waals surface area contributed by atoms with Gasteiger partial charge >= 0.3 is 130 Å². The fourth-order valence-electron chi connectivity index (χ4n) is 2.11. The first-order valence-corrected chi connectivity index (χ1v) is 8.57. The van der Waals surface area contributed by atoms with Crippen molar-refractivity contribution < 1.29 is 4.74 Å². The van der Waals surface area contributed by atoms with Gasteiger partial charge in [0.15, 0.2) is 0 Å². The van der Waals surface area contributed by atoms with Gasteiger partial charge in [-0.05, 0) is 0 Å². The van der Waals surface area contributed by atoms with Crippen LogP contribution in [0.4, 0.5) is 5.69 Å². The Morgan fingerprint density at radius 3 is 2.95 bits per heavy atom. The molecular weight excluding hydrogens is 329 g/mol. The van der Waals surface area contributed by atoms with Crippen molar-refractivity contribution in [2.75, 3.05) is 11.9 Å². The molecule has 4 nitrogen and oxygen atoms in total. The number of benzene rings is 2. The van der Waals surface area contributed by atoms with Crippen LogP contribution in [-0.2, 0) is 6.54 Å². The SMILES string of the molecule is CCCOc1cccc(CNc2cccc3n[se]nc23)c1. The van der Waals surface area contributed by atoms with E-state index in [0.717, 1.165) is 42.0 Å². The Morgan fingerprint density at radius 2 is 2.05 bits per heavy atom. The van der Waals surface area contributed by atoms with Gasteiger partial charge in [0.25, 0.3) is 0 Å². The van der Waals surface area contributed by atoms with Crippen molar-refractivity contribution in [3.05, 3.63) is 48.0 Å². The molecule has 0 fully saturated rings. The van der Waals surface area contributed by atoms with Gasteiger partial charge in [0.05, 0.1) is 0 Å². The normalized spacial score (nSPS) is 10.7. The van der Waals surface area contributed by atoms with Gasteiger partial charge < -0.3 is 0 Å². The van der Waals surface area contributed by atoms with Crippen LogP contribution in [0, 0.1) is 0 Å². The fourth-order valence-corrected chi connectivity index (χ4v) is 3.26. The molecule has 0 saturated carbocycles. The van der Waals surface area contributed by atoms with E-state index >= 15 is 0 Å². The monoisotopic (exact) mass is 347 g/mol. The second-order valence-corrected chi connectivity index (χ2v) is 5.90. The van der Waals surface area contributed by atoms with Gasteiger partial charge in [-0.3, -0.25) is 0 Å². The number of rotatable bonds is 6. The summed E-state index contributed by atoms with van der Waals surface area (Å²) in [6.07, 6.45) is 1.02. The first-order valence-electron chi connectivity index (χ1n) is 7.03. The van der Waals surface area contributed by atoms with Crippen LogP contribution in [0.5, 0.6) is 5.75 Å². The van der Waals surface area contributed by atoms with Crippen molar-refractivity contribution in [3.8, 4) is 5.75 Å². The molecule has 1 aromatic heterocycles. The molecule has 1 N–H and O–H groups in total. The molecule has 0 aliphatic heterocycles. The van der Waals surface area contributed by atoms with E-state index in [9.17, 15) is 0 Å². The summed E-state index contributed by atoms with van der Waals surface area (Å²) in [4.78, 5) is 0. The van der Waals surface area contributed by atoms with Gasteiger partial charge in [0, 0.05) is 0 Å². The second-order valence-electron chi connectivity index (χ2n) is 4.79. The number of nitrogens with zero attached hydrogens (tertiary/aromatic N) is 2. The summed E-state index contributed by atoms with van der Waals surface area (Å²) in [6, 6.07) is 14.3. The number of hydrogen-bond donors (Lipinski definition) is 1. The molecular formula is C16H17N3OSe. The molecule has 0 saturated heterocycles. The van der Waals surface area contributed by atoms with Crippen LogP contribution in [0.3, 0.4) is 0 Å². The van der Waals surface area contributed by atoms with Gasteiger partial charge in [-0.15, -0.1) is 0 Å². The van der Waals surface area contributed by atoms with E-state index in [-0.39, 0.29) is 15.0 Å². The standard InChI is InChI=1S/C16H17N3OSe/c1-2-9-20-13-6-3-5-12(10-13)11-17-14-7-4-8-15-16(14)19-21-18-15/h3-8,10,17H,2,9,11H2,1H3. The molecule has 0 bridgehead atoms. The Kier molecular flexibility index (Phi) is 4.53. The molecule has 0 aliphatic rings. The number of anilines is 1. The van der Waals surface area contributed by atoms with Crippen molar-refractivity contribution >= 4 is 31.7 Å². The van der Waals surface area contributed by atoms with Crippen LogP contribution in [-0.4, -0.2) is 29.5 Å². The number of aromatic nitrogens is 2. The fraction of sp³-hybridized carbons (Fsp3) is 0.250. The van der Waals surface area contributed by atoms with Gasteiger partial charge in [-0.2, -0.15) is 0 Å². The molecule has 0 aliphatic carbocycles. The average molecular weight is 346 g/mol. The second kappa shape index (κ2) is 6.74. The molecule has 2 aromatic carbocycles. The molecule has 0 atom stereocenters. The van der Waals surface area contributed by atoms with Crippen molar-refractivity contribution in [2.24, 2.45) is 0 Å². The van der Waals surface area contributed by atoms with Crippen LogP contribution in [0.2, 0.25) is 0 Å². The summed E-state index contributed by atoms with van der Waals surface area (Å²) in [5.74, 6) is 0.928. The van der Waals surface area contributed by atoms with Crippen LogP contribution in [0.1, 0.15) is 18.9 Å². The Hall–Kier alpha value is -1.84. The molecule has 108 valence electrons. The van der Waals surface area contributed by atoms with Crippen molar-refractivity contribution in [1.29, 1.82) is 0 Å². The van der Waals surface area contributed by atoms with E-state index in [1.807, 2.05) is 24.3 Å². The van der Waals surface area contributed by atoms with Gasteiger partial charge in [0.2, 0.25) is 0 Å². The summed E-state index contributed by atoms with van der Waals surface area (Å²) in [5, 5.41) is 3.45. The van der Waals surface area contributed by atoms with Gasteiger partial charge in [-0.25, -0.2) is 0 Å². The predicted octanol–water partition coefficient (Wildman–Crippen LogP) is 3.09. The molecule has 0 unspecified atom stereocenters. The summed E-state index contributed by atoms with van der Waals surface area (Å²) in [7, 11) is 0. The van der Waals surface area contributed by atoms with Crippen LogP contribution >= 0.6 is 0 Å². The van der Waals surface area contributed by atoms with Gasteiger partial charge in [-0.1, -0.05) is 0 Å². The number of hydrogen-bond acceptors (Lipinski definition) is 4. The number of fused-ring (bicyclic) bond motifs is 1. The summed E-state index contributed by atoms with van der Waals surface area (Å²) >= 11 is 0.00796. The van der Waals surface area contributed by atoms with Crippen molar-refractivity contribution in [3.63, 3.8) is 0 Å². The molecule has 1 heterocycles. The minimum atomic E-state index is 0.00796. The average Bonchev–Trinajstić information content (AvgIpc) is 3.00. The maximum atomic E-state index is 5.66. The van der Waals surface area contributed by atoms with E-state index < -0.39 is 0 Å². The molecule has 0 amide bonds.